The van der Waals surface area contributed by atoms with Crippen molar-refractivity contribution in [1.82, 2.24) is 0 Å². The molecule has 0 heterocycles. The highest BCUT2D eigenvalue weighted by Crippen LogP contribution is 2.30. The van der Waals surface area contributed by atoms with Gasteiger partial charge in [0.15, 0.2) is 5.78 Å². The van der Waals surface area contributed by atoms with Crippen molar-refractivity contribution >= 4 is 17.8 Å². The van der Waals surface area contributed by atoms with E-state index in [-0.39, 0.29) is 11.5 Å². The summed E-state index contributed by atoms with van der Waals surface area (Å²) >= 11 is 0. The van der Waals surface area contributed by atoms with Crippen molar-refractivity contribution < 1.29 is 19.1 Å². The Kier molecular flexibility index (Phi) is 6.29. The number of carboxylic acids is 1. The van der Waals surface area contributed by atoms with Crippen LogP contribution in [0.5, 0.6) is 0 Å². The monoisotopic (exact) mass is 367 g/mol. The van der Waals surface area contributed by atoms with E-state index in [4.69, 9.17) is 10.8 Å². The molecule has 0 saturated heterocycles. The fourth-order valence-corrected chi connectivity index (χ4v) is 2.86. The smallest absolute Gasteiger partial charge is 0.311 e. The minimum atomic E-state index is -1.20. The molecule has 0 aliphatic rings. The molecule has 4 nitrogen and oxygen atoms in total. The number of carbonyl (C=O) groups excluding carboxylic acids is 1. The molecule has 0 amide bonds. The number of hydrogen-bond donors (Lipinski definition) is 2. The summed E-state index contributed by atoms with van der Waals surface area (Å²) in [5.41, 5.74) is 11.3. The third-order valence-electron chi connectivity index (χ3n) is 4.10. The lowest BCUT2D eigenvalue weighted by Gasteiger charge is -2.13. The van der Waals surface area contributed by atoms with Crippen LogP contribution in [0.15, 0.2) is 48.2 Å². The molecule has 2 aromatic rings. The van der Waals surface area contributed by atoms with Gasteiger partial charge in [0.25, 0.3) is 0 Å². The predicted octanol–water partition coefficient (Wildman–Crippen LogP) is 4.32. The van der Waals surface area contributed by atoms with Gasteiger partial charge >= 0.3 is 5.97 Å². The van der Waals surface area contributed by atoms with Crippen LogP contribution in [0.1, 0.15) is 28.7 Å². The second kappa shape index (κ2) is 8.45. The Morgan fingerprint density at radius 2 is 1.81 bits per heavy atom. The maximum Gasteiger partial charge on any atom is 0.311 e. The second-order valence-electron chi connectivity index (χ2n) is 6.52. The molecule has 0 saturated carbocycles. The third kappa shape index (κ3) is 5.38. The maximum atomic E-state index is 13.6. The van der Waals surface area contributed by atoms with Crippen molar-refractivity contribution in [1.29, 1.82) is 0 Å². The Morgan fingerprint density at radius 1 is 1.11 bits per heavy atom. The molecule has 0 aliphatic carbocycles. The number of aryl methyl sites for hydroxylation is 3. The Balaban J connectivity index is 2.44. The lowest BCUT2D eigenvalue weighted by atomic mass is 9.92. The minimum absolute atomic E-state index is 0.169. The van der Waals surface area contributed by atoms with E-state index in [0.717, 1.165) is 33.9 Å². The minimum Gasteiger partial charge on any atom is -0.481 e. The van der Waals surface area contributed by atoms with Gasteiger partial charge in [-0.15, -0.1) is 0 Å². The molecule has 0 radical (unpaired) electrons. The number of halogens is 1. The topological polar surface area (TPSA) is 80.4 Å². The van der Waals surface area contributed by atoms with Crippen molar-refractivity contribution in [2.75, 3.05) is 0 Å². The van der Waals surface area contributed by atoms with E-state index in [2.05, 4.69) is 0 Å². The summed E-state index contributed by atoms with van der Waals surface area (Å²) in [6.07, 6.45) is 3.86. The largest absolute Gasteiger partial charge is 0.481 e. The number of aliphatic carboxylic acids is 1. The summed E-state index contributed by atoms with van der Waals surface area (Å²) in [6, 6.07) is 8.98. The number of hydrogen-bond acceptors (Lipinski definition) is 3. The zero-order chi connectivity index (χ0) is 20.1. The van der Waals surface area contributed by atoms with Crippen LogP contribution in [-0.2, 0) is 9.59 Å². The number of benzene rings is 2. The van der Waals surface area contributed by atoms with E-state index in [9.17, 15) is 14.0 Å². The highest BCUT2D eigenvalue weighted by molar-refractivity contribution is 6.01. The fourth-order valence-electron chi connectivity index (χ4n) is 2.86. The average molecular weight is 367 g/mol. The summed E-state index contributed by atoms with van der Waals surface area (Å²) < 4.78 is 13.6. The molecular formula is C22H22FNO3. The van der Waals surface area contributed by atoms with E-state index in [1.807, 2.05) is 26.0 Å². The van der Waals surface area contributed by atoms with E-state index in [1.165, 1.54) is 6.07 Å². The molecule has 2 aromatic carbocycles. The van der Waals surface area contributed by atoms with Crippen LogP contribution in [0, 0.1) is 26.6 Å². The van der Waals surface area contributed by atoms with Crippen molar-refractivity contribution in [3.8, 4) is 11.1 Å². The SMILES string of the molecule is Cc1cc(C)c(/C=C/C(N)=C/C(=O)CC(=O)O)c(-c2ccc(F)c(C)c2)c1. The van der Waals surface area contributed by atoms with E-state index >= 15 is 0 Å². The van der Waals surface area contributed by atoms with Gasteiger partial charge in [0.1, 0.15) is 12.2 Å². The number of ketones is 1. The maximum absolute atomic E-state index is 13.6. The number of allylic oxidation sites excluding steroid dienone is 2. The average Bonchev–Trinajstić information content (AvgIpc) is 2.55. The van der Waals surface area contributed by atoms with E-state index in [1.54, 1.807) is 31.2 Å². The molecule has 27 heavy (non-hydrogen) atoms. The van der Waals surface area contributed by atoms with Crippen LogP contribution in [0.3, 0.4) is 0 Å². The van der Waals surface area contributed by atoms with Crippen molar-refractivity contribution in [3.63, 3.8) is 0 Å². The Bertz CT molecular complexity index is 958. The van der Waals surface area contributed by atoms with Crippen LogP contribution >= 0.6 is 0 Å². The Labute approximate surface area is 157 Å². The molecule has 0 spiro atoms. The van der Waals surface area contributed by atoms with Gasteiger partial charge in [-0.1, -0.05) is 29.8 Å². The summed E-state index contributed by atoms with van der Waals surface area (Å²) in [5.74, 6) is -2.03. The van der Waals surface area contributed by atoms with Crippen LogP contribution in [-0.4, -0.2) is 16.9 Å². The molecular weight excluding hydrogens is 345 g/mol. The zero-order valence-electron chi connectivity index (χ0n) is 15.5. The first-order valence-electron chi connectivity index (χ1n) is 8.45. The zero-order valence-corrected chi connectivity index (χ0v) is 15.5. The van der Waals surface area contributed by atoms with Crippen molar-refractivity contribution in [3.05, 3.63) is 76.3 Å². The third-order valence-corrected chi connectivity index (χ3v) is 4.10. The standard InChI is InChI=1S/C22H22FNO3/c1-13-8-14(2)19(6-5-17(24)11-18(25)12-22(26)27)20(9-13)16-4-7-21(23)15(3)10-16/h4-11H,12,24H2,1-3H3,(H,26,27)/b6-5+,17-11-. The van der Waals surface area contributed by atoms with E-state index < -0.39 is 18.2 Å². The summed E-state index contributed by atoms with van der Waals surface area (Å²) in [7, 11) is 0. The first kappa shape index (κ1) is 20.1. The normalized spacial score (nSPS) is 11.8. The first-order chi connectivity index (χ1) is 12.7. The molecule has 140 valence electrons. The van der Waals surface area contributed by atoms with Crippen LogP contribution in [0.2, 0.25) is 0 Å². The number of rotatable bonds is 6. The first-order valence-corrected chi connectivity index (χ1v) is 8.45. The van der Waals surface area contributed by atoms with Gasteiger partial charge in [-0.3, -0.25) is 9.59 Å². The molecule has 0 fully saturated rings. The van der Waals surface area contributed by atoms with Gasteiger partial charge in [0.05, 0.1) is 0 Å². The van der Waals surface area contributed by atoms with Crippen molar-refractivity contribution in [2.45, 2.75) is 27.2 Å². The predicted molar refractivity (Wildman–Crippen MR) is 105 cm³/mol. The van der Waals surface area contributed by atoms with E-state index in [0.29, 0.717) is 5.56 Å². The number of carbonyl (C=O) groups is 2. The second-order valence-corrected chi connectivity index (χ2v) is 6.52. The lowest BCUT2D eigenvalue weighted by molar-refractivity contribution is -0.139. The van der Waals surface area contributed by atoms with Crippen LogP contribution in [0.25, 0.3) is 17.2 Å². The van der Waals surface area contributed by atoms with Crippen LogP contribution < -0.4 is 5.73 Å². The Morgan fingerprint density at radius 3 is 2.44 bits per heavy atom. The molecule has 0 unspecified atom stereocenters. The highest BCUT2D eigenvalue weighted by atomic mass is 19.1. The quantitative estimate of drug-likeness (QED) is 0.453. The fraction of sp³-hybridized carbons (Fsp3) is 0.182. The Hall–Kier alpha value is -3.21. The van der Waals surface area contributed by atoms with Gasteiger partial charge in [-0.2, -0.15) is 0 Å². The summed E-state index contributed by atoms with van der Waals surface area (Å²) in [6.45, 7) is 5.66. The molecule has 0 aliphatic heterocycles. The van der Waals surface area contributed by atoms with Gasteiger partial charge < -0.3 is 10.8 Å². The van der Waals surface area contributed by atoms with Crippen LogP contribution in [0.4, 0.5) is 4.39 Å². The molecule has 0 aromatic heterocycles. The molecule has 5 heteroatoms. The summed E-state index contributed by atoms with van der Waals surface area (Å²) in [4.78, 5) is 22.1. The number of carboxylic acid groups (broad SMARTS) is 1. The van der Waals surface area contributed by atoms with Gasteiger partial charge in [-0.25, -0.2) is 4.39 Å². The molecule has 0 atom stereocenters. The molecule has 0 bridgehead atoms. The molecule has 3 N–H and O–H groups in total. The van der Waals surface area contributed by atoms with Gasteiger partial charge in [-0.05, 0) is 66.8 Å². The summed E-state index contributed by atoms with van der Waals surface area (Å²) in [5, 5.41) is 8.64. The van der Waals surface area contributed by atoms with Gasteiger partial charge in [0, 0.05) is 11.8 Å². The highest BCUT2D eigenvalue weighted by Gasteiger charge is 2.09. The van der Waals surface area contributed by atoms with Crippen molar-refractivity contribution in [2.24, 2.45) is 5.73 Å². The van der Waals surface area contributed by atoms with Gasteiger partial charge in [0.2, 0.25) is 0 Å². The number of nitrogens with two attached hydrogens (primary N) is 1. The lowest BCUT2D eigenvalue weighted by Crippen LogP contribution is -2.06. The molecule has 2 rings (SSSR count).